The molecule has 0 aliphatic carbocycles. The van der Waals surface area contributed by atoms with Crippen molar-refractivity contribution < 1.29 is 19.1 Å². The van der Waals surface area contributed by atoms with Crippen molar-refractivity contribution in [2.45, 2.75) is 32.7 Å². The van der Waals surface area contributed by atoms with Gasteiger partial charge in [-0.2, -0.15) is 0 Å². The number of carbonyl (C=O) groups excluding carboxylic acids is 2. The van der Waals surface area contributed by atoms with Crippen LogP contribution in [0.1, 0.15) is 36.5 Å². The Bertz CT molecular complexity index is 1220. The van der Waals surface area contributed by atoms with E-state index >= 15 is 0 Å². The Morgan fingerprint density at radius 2 is 1.84 bits per heavy atom. The maximum atomic E-state index is 12.6. The van der Waals surface area contributed by atoms with Gasteiger partial charge in [-0.3, -0.25) is 29.8 Å². The smallest absolute Gasteiger partial charge is 0.262 e. The molecule has 1 aromatic heterocycles. The van der Waals surface area contributed by atoms with Crippen molar-refractivity contribution in [3.63, 3.8) is 0 Å². The second-order valence-electron chi connectivity index (χ2n) is 7.31. The minimum absolute atomic E-state index is 0.0236. The van der Waals surface area contributed by atoms with Crippen molar-refractivity contribution in [2.75, 3.05) is 18.6 Å². The summed E-state index contributed by atoms with van der Waals surface area (Å²) in [5, 5.41) is 0.506. The van der Waals surface area contributed by atoms with Gasteiger partial charge in [0.05, 0.1) is 24.1 Å². The van der Waals surface area contributed by atoms with Crippen LogP contribution in [0, 0.1) is 0 Å². The van der Waals surface area contributed by atoms with E-state index in [0.29, 0.717) is 47.7 Å². The van der Waals surface area contributed by atoms with Crippen LogP contribution < -0.4 is 25.9 Å². The molecule has 4 rings (SSSR count). The molecule has 1 amide bonds. The number of anilines is 1. The summed E-state index contributed by atoms with van der Waals surface area (Å²) in [6.45, 7) is 3.31. The van der Waals surface area contributed by atoms with Gasteiger partial charge in [-0.25, -0.2) is 4.98 Å². The summed E-state index contributed by atoms with van der Waals surface area (Å²) in [5.74, 6) is 0.826. The van der Waals surface area contributed by atoms with E-state index in [9.17, 15) is 14.4 Å². The lowest BCUT2D eigenvalue weighted by Gasteiger charge is -2.14. The molecule has 0 fully saturated rings. The minimum atomic E-state index is -0.391. The number of fused-ring (bicyclic) bond motifs is 2. The molecular formula is C23H24N4O5. The number of nitrogens with zero attached hydrogens (tertiary/aromatic N) is 2. The van der Waals surface area contributed by atoms with E-state index in [-0.39, 0.29) is 30.1 Å². The van der Waals surface area contributed by atoms with Gasteiger partial charge in [-0.05, 0) is 37.3 Å². The number of hydrogen-bond donors (Lipinski definition) is 2. The van der Waals surface area contributed by atoms with Crippen molar-refractivity contribution in [3.8, 4) is 11.5 Å². The van der Waals surface area contributed by atoms with E-state index < -0.39 is 5.91 Å². The number of Topliss-reactive ketones (excluding diaryl/α,β-unsaturated/α-hetero) is 1. The van der Waals surface area contributed by atoms with E-state index in [1.165, 1.54) is 4.57 Å². The number of aromatic nitrogens is 2. The molecule has 0 saturated heterocycles. The molecule has 0 bridgehead atoms. The molecule has 0 unspecified atom stereocenters. The first-order valence-corrected chi connectivity index (χ1v) is 10.5. The Morgan fingerprint density at radius 3 is 2.66 bits per heavy atom. The fourth-order valence-electron chi connectivity index (χ4n) is 3.45. The van der Waals surface area contributed by atoms with Gasteiger partial charge in [-0.15, -0.1) is 0 Å². The third-order valence-corrected chi connectivity index (χ3v) is 5.14. The fraction of sp³-hybridized carbons (Fsp3) is 0.304. The quantitative estimate of drug-likeness (QED) is 0.433. The highest BCUT2D eigenvalue weighted by Crippen LogP contribution is 2.30. The Hall–Kier alpha value is -3.88. The zero-order valence-corrected chi connectivity index (χ0v) is 17.7. The van der Waals surface area contributed by atoms with E-state index in [0.717, 1.165) is 6.42 Å². The van der Waals surface area contributed by atoms with Crippen LogP contribution in [0.15, 0.2) is 47.3 Å². The summed E-state index contributed by atoms with van der Waals surface area (Å²) in [7, 11) is 0. The first-order valence-electron chi connectivity index (χ1n) is 10.5. The van der Waals surface area contributed by atoms with Crippen LogP contribution in [0.3, 0.4) is 0 Å². The normalized spacial score (nSPS) is 12.8. The number of rotatable bonds is 7. The molecule has 3 aromatic rings. The van der Waals surface area contributed by atoms with Crippen LogP contribution in [0.5, 0.6) is 11.5 Å². The molecule has 0 atom stereocenters. The summed E-state index contributed by atoms with van der Waals surface area (Å²) >= 11 is 0. The van der Waals surface area contributed by atoms with Crippen LogP contribution in [-0.4, -0.2) is 34.5 Å². The van der Waals surface area contributed by atoms with Gasteiger partial charge in [0.25, 0.3) is 5.56 Å². The van der Waals surface area contributed by atoms with Crippen molar-refractivity contribution in [1.29, 1.82) is 0 Å². The van der Waals surface area contributed by atoms with Crippen molar-refractivity contribution >= 4 is 28.5 Å². The SMILES string of the molecule is CCn1c(NNC(=O)CCC(=O)c2ccc3c(c2)OCCCO3)nc2ccccc2c1=O. The van der Waals surface area contributed by atoms with Gasteiger partial charge in [0, 0.05) is 31.4 Å². The number of hydrogen-bond acceptors (Lipinski definition) is 7. The van der Waals surface area contributed by atoms with E-state index in [4.69, 9.17) is 9.47 Å². The van der Waals surface area contributed by atoms with Gasteiger partial charge in [0.1, 0.15) is 0 Å². The molecule has 0 saturated carbocycles. The highest BCUT2D eigenvalue weighted by molar-refractivity contribution is 5.98. The van der Waals surface area contributed by atoms with Crippen LogP contribution >= 0.6 is 0 Å². The van der Waals surface area contributed by atoms with E-state index in [2.05, 4.69) is 15.8 Å². The van der Waals surface area contributed by atoms with Gasteiger partial charge in [0.2, 0.25) is 11.9 Å². The molecule has 0 spiro atoms. The third-order valence-electron chi connectivity index (χ3n) is 5.14. The molecular weight excluding hydrogens is 412 g/mol. The summed E-state index contributed by atoms with van der Waals surface area (Å²) in [5.41, 5.74) is 6.04. The molecule has 1 aliphatic rings. The molecule has 166 valence electrons. The number of ketones is 1. The van der Waals surface area contributed by atoms with Crippen molar-refractivity contribution in [1.82, 2.24) is 15.0 Å². The minimum Gasteiger partial charge on any atom is -0.490 e. The predicted octanol–water partition coefficient (Wildman–Crippen LogP) is 2.68. The van der Waals surface area contributed by atoms with Gasteiger partial charge >= 0.3 is 0 Å². The van der Waals surface area contributed by atoms with Crippen LogP contribution in [0.2, 0.25) is 0 Å². The first-order chi connectivity index (χ1) is 15.6. The lowest BCUT2D eigenvalue weighted by Crippen LogP contribution is -2.34. The Labute approximate surface area is 184 Å². The second kappa shape index (κ2) is 9.51. The molecule has 2 aromatic carbocycles. The number of carbonyl (C=O) groups is 2. The van der Waals surface area contributed by atoms with E-state index in [1.54, 1.807) is 42.5 Å². The summed E-state index contributed by atoms with van der Waals surface area (Å²) in [6, 6.07) is 12.1. The molecule has 32 heavy (non-hydrogen) atoms. The topological polar surface area (TPSA) is 112 Å². The van der Waals surface area contributed by atoms with Crippen molar-refractivity contribution in [2.24, 2.45) is 0 Å². The monoisotopic (exact) mass is 436 g/mol. The average Bonchev–Trinajstić information content (AvgIpc) is 3.06. The summed E-state index contributed by atoms with van der Waals surface area (Å²) in [6.07, 6.45) is 0.784. The Balaban J connectivity index is 1.37. The first kappa shape index (κ1) is 21.4. The lowest BCUT2D eigenvalue weighted by atomic mass is 10.1. The number of ether oxygens (including phenoxy) is 2. The Kier molecular flexibility index (Phi) is 6.34. The van der Waals surface area contributed by atoms with E-state index in [1.807, 2.05) is 6.92 Å². The Morgan fingerprint density at radius 1 is 1.06 bits per heavy atom. The summed E-state index contributed by atoms with van der Waals surface area (Å²) < 4.78 is 12.6. The zero-order valence-electron chi connectivity index (χ0n) is 17.7. The molecule has 0 radical (unpaired) electrons. The van der Waals surface area contributed by atoms with Crippen LogP contribution in [-0.2, 0) is 11.3 Å². The largest absolute Gasteiger partial charge is 0.490 e. The third kappa shape index (κ3) is 4.56. The van der Waals surface area contributed by atoms with Crippen LogP contribution in [0.25, 0.3) is 10.9 Å². The van der Waals surface area contributed by atoms with Gasteiger partial charge in [-0.1, -0.05) is 12.1 Å². The van der Waals surface area contributed by atoms with Crippen molar-refractivity contribution in [3.05, 3.63) is 58.4 Å². The number of amides is 1. The maximum absolute atomic E-state index is 12.6. The summed E-state index contributed by atoms with van der Waals surface area (Å²) in [4.78, 5) is 41.9. The van der Waals surface area contributed by atoms with Crippen LogP contribution in [0.4, 0.5) is 5.95 Å². The number of benzene rings is 2. The standard InChI is InChI=1S/C23H24N4O5/c1-2-27-22(30)16-6-3-4-7-17(16)24-23(27)26-25-21(29)11-9-18(28)15-8-10-19-20(14-15)32-13-5-12-31-19/h3-4,6-8,10,14H,2,5,9,11-13H2,1H3,(H,24,26)(H,25,29). The molecule has 2 heterocycles. The number of hydrazine groups is 1. The predicted molar refractivity (Wildman–Crippen MR) is 119 cm³/mol. The lowest BCUT2D eigenvalue weighted by molar-refractivity contribution is -0.120. The van der Waals surface area contributed by atoms with Gasteiger partial charge < -0.3 is 9.47 Å². The fourth-order valence-corrected chi connectivity index (χ4v) is 3.45. The second-order valence-corrected chi connectivity index (χ2v) is 7.31. The molecule has 9 nitrogen and oxygen atoms in total. The highest BCUT2D eigenvalue weighted by atomic mass is 16.5. The zero-order chi connectivity index (χ0) is 22.5. The number of nitrogens with one attached hydrogen (secondary N) is 2. The molecule has 2 N–H and O–H groups in total. The molecule has 9 heteroatoms. The molecule has 1 aliphatic heterocycles. The van der Waals surface area contributed by atoms with Gasteiger partial charge in [0.15, 0.2) is 17.3 Å². The number of para-hydroxylation sites is 1. The highest BCUT2D eigenvalue weighted by Gasteiger charge is 2.16. The average molecular weight is 436 g/mol. The maximum Gasteiger partial charge on any atom is 0.262 e.